The van der Waals surface area contributed by atoms with E-state index in [1.807, 2.05) is 25.7 Å². The Morgan fingerprint density at radius 2 is 1.43 bits per heavy atom. The summed E-state index contributed by atoms with van der Waals surface area (Å²) in [6.45, 7) is 8.76. The maximum Gasteiger partial charge on any atom is 0.410 e. The van der Waals surface area contributed by atoms with Crippen LogP contribution >= 0.6 is 0 Å². The van der Waals surface area contributed by atoms with Crippen LogP contribution in [-0.4, -0.2) is 85.6 Å². The highest BCUT2D eigenvalue weighted by Gasteiger charge is 2.50. The Bertz CT molecular complexity index is 706. The molecular weight excluding hydrogens is 382 g/mol. The van der Waals surface area contributed by atoms with Crippen LogP contribution in [0, 0.1) is 11.3 Å². The second kappa shape index (κ2) is 7.48. The minimum Gasteiger partial charge on any atom is -0.444 e. The first kappa shape index (κ1) is 21.4. The van der Waals surface area contributed by atoms with Gasteiger partial charge in [-0.15, -0.1) is 0 Å². The molecule has 3 aliphatic rings. The van der Waals surface area contributed by atoms with E-state index in [4.69, 9.17) is 4.74 Å². The number of piperidine rings is 1. The van der Waals surface area contributed by atoms with Gasteiger partial charge in [0.2, 0.25) is 15.9 Å². The topological polar surface area (TPSA) is 87.2 Å². The van der Waals surface area contributed by atoms with E-state index >= 15 is 0 Å². The first-order chi connectivity index (χ1) is 12.9. The van der Waals surface area contributed by atoms with E-state index in [-0.39, 0.29) is 23.3 Å². The van der Waals surface area contributed by atoms with Gasteiger partial charge in [0.25, 0.3) is 0 Å². The number of hydrogen-bond donors (Lipinski definition) is 0. The van der Waals surface area contributed by atoms with Gasteiger partial charge in [-0.25, -0.2) is 17.5 Å². The molecule has 2 amide bonds. The van der Waals surface area contributed by atoms with Crippen LogP contribution in [-0.2, 0) is 19.6 Å². The van der Waals surface area contributed by atoms with Crippen molar-refractivity contribution in [1.29, 1.82) is 0 Å². The Morgan fingerprint density at radius 3 is 1.89 bits per heavy atom. The first-order valence-corrected chi connectivity index (χ1v) is 12.0. The smallest absolute Gasteiger partial charge is 0.410 e. The fraction of sp³-hybridized carbons (Fsp3) is 0.895. The molecule has 0 N–H and O–H groups in total. The van der Waals surface area contributed by atoms with Crippen molar-refractivity contribution in [2.75, 3.05) is 45.5 Å². The highest BCUT2D eigenvalue weighted by molar-refractivity contribution is 7.88. The highest BCUT2D eigenvalue weighted by Crippen LogP contribution is 2.53. The van der Waals surface area contributed by atoms with Gasteiger partial charge in [0, 0.05) is 45.2 Å². The van der Waals surface area contributed by atoms with Gasteiger partial charge in [0.15, 0.2) is 0 Å². The third-order valence-corrected chi connectivity index (χ3v) is 7.51. The van der Waals surface area contributed by atoms with Crippen LogP contribution in [0.4, 0.5) is 4.79 Å². The summed E-state index contributed by atoms with van der Waals surface area (Å²) in [6.07, 6.45) is 4.34. The summed E-state index contributed by atoms with van der Waals surface area (Å²) in [7, 11) is -3.12. The van der Waals surface area contributed by atoms with Gasteiger partial charge in [-0.3, -0.25) is 4.79 Å². The molecule has 3 rings (SSSR count). The normalized spacial score (nSPS) is 24.1. The molecule has 0 radical (unpaired) electrons. The van der Waals surface area contributed by atoms with Crippen LogP contribution in [0.1, 0.15) is 46.5 Å². The molecule has 2 saturated heterocycles. The van der Waals surface area contributed by atoms with E-state index in [0.29, 0.717) is 39.3 Å². The summed E-state index contributed by atoms with van der Waals surface area (Å²) in [5.41, 5.74) is -0.378. The Morgan fingerprint density at radius 1 is 0.929 bits per heavy atom. The molecule has 0 bridgehead atoms. The van der Waals surface area contributed by atoms with Crippen molar-refractivity contribution in [1.82, 2.24) is 14.1 Å². The van der Waals surface area contributed by atoms with E-state index < -0.39 is 15.6 Å². The lowest BCUT2D eigenvalue weighted by atomic mass is 9.57. The van der Waals surface area contributed by atoms with Gasteiger partial charge < -0.3 is 14.5 Å². The molecular formula is C19H33N3O5S. The van der Waals surface area contributed by atoms with Crippen LogP contribution in [0.25, 0.3) is 0 Å². The van der Waals surface area contributed by atoms with Gasteiger partial charge in [0.05, 0.1) is 6.26 Å². The van der Waals surface area contributed by atoms with E-state index in [0.717, 1.165) is 25.7 Å². The predicted octanol–water partition coefficient (Wildman–Crippen LogP) is 1.52. The lowest BCUT2D eigenvalue weighted by Crippen LogP contribution is -2.56. The number of carbonyl (C=O) groups excluding carboxylic acids is 2. The molecule has 8 nitrogen and oxygen atoms in total. The van der Waals surface area contributed by atoms with Crippen LogP contribution < -0.4 is 0 Å². The highest BCUT2D eigenvalue weighted by atomic mass is 32.2. The number of carbonyl (C=O) groups is 2. The minimum absolute atomic E-state index is 0.0397. The standard InChI is InChI=1S/C19H33N3O5S/c1-18(2,3)27-17(24)21-11-9-20(10-12-21)16(23)15-13-19(14-15)5-7-22(8-6-19)28(4,25)26/h15H,5-14H2,1-4H3. The lowest BCUT2D eigenvalue weighted by molar-refractivity contribution is -0.147. The van der Waals surface area contributed by atoms with E-state index in [1.54, 1.807) is 9.21 Å². The molecule has 9 heteroatoms. The van der Waals surface area contributed by atoms with Crippen molar-refractivity contribution >= 4 is 22.0 Å². The largest absolute Gasteiger partial charge is 0.444 e. The zero-order valence-corrected chi connectivity index (χ0v) is 18.3. The summed E-state index contributed by atoms with van der Waals surface area (Å²) in [5.74, 6) is 0.220. The van der Waals surface area contributed by atoms with Crippen LogP contribution in [0.5, 0.6) is 0 Å². The Labute approximate surface area is 168 Å². The average molecular weight is 416 g/mol. The molecule has 2 heterocycles. The summed E-state index contributed by atoms with van der Waals surface area (Å²) < 4.78 is 30.3. The van der Waals surface area contributed by atoms with Gasteiger partial charge >= 0.3 is 6.09 Å². The number of nitrogens with zero attached hydrogens (tertiary/aromatic N) is 3. The Hall–Kier alpha value is -1.35. The molecule has 1 spiro atoms. The zero-order chi connectivity index (χ0) is 20.7. The Balaban J connectivity index is 1.43. The molecule has 1 aliphatic carbocycles. The van der Waals surface area contributed by atoms with Crippen molar-refractivity contribution in [2.45, 2.75) is 52.1 Å². The molecule has 0 atom stereocenters. The zero-order valence-electron chi connectivity index (χ0n) is 17.4. The maximum absolute atomic E-state index is 12.8. The van der Waals surface area contributed by atoms with Gasteiger partial charge in [-0.1, -0.05) is 0 Å². The second-order valence-corrected chi connectivity index (χ2v) is 11.5. The molecule has 28 heavy (non-hydrogen) atoms. The lowest BCUT2D eigenvalue weighted by Gasteiger charge is -2.52. The number of ether oxygens (including phenoxy) is 1. The third kappa shape index (κ3) is 4.79. The van der Waals surface area contributed by atoms with Crippen molar-refractivity contribution in [2.24, 2.45) is 11.3 Å². The maximum atomic E-state index is 12.8. The molecule has 0 aromatic rings. The van der Waals surface area contributed by atoms with Crippen molar-refractivity contribution in [3.63, 3.8) is 0 Å². The molecule has 2 aliphatic heterocycles. The molecule has 0 aromatic heterocycles. The van der Waals surface area contributed by atoms with E-state index in [9.17, 15) is 18.0 Å². The van der Waals surface area contributed by atoms with Crippen molar-refractivity contribution in [3.8, 4) is 0 Å². The first-order valence-electron chi connectivity index (χ1n) is 10.1. The summed E-state index contributed by atoms with van der Waals surface area (Å²) in [6, 6.07) is 0. The fourth-order valence-corrected chi connectivity index (χ4v) is 5.40. The molecule has 3 fully saturated rings. The average Bonchev–Trinajstić information content (AvgIpc) is 2.57. The van der Waals surface area contributed by atoms with Crippen molar-refractivity contribution < 1.29 is 22.7 Å². The number of rotatable bonds is 2. The summed E-state index contributed by atoms with van der Waals surface area (Å²) >= 11 is 0. The molecule has 0 aromatic carbocycles. The van der Waals surface area contributed by atoms with Gasteiger partial charge in [-0.05, 0) is 51.9 Å². The number of piperazine rings is 1. The fourth-order valence-electron chi connectivity index (χ4n) is 4.55. The summed E-state index contributed by atoms with van der Waals surface area (Å²) in [4.78, 5) is 28.5. The quantitative estimate of drug-likeness (QED) is 0.682. The second-order valence-electron chi connectivity index (χ2n) is 9.56. The number of amides is 2. The van der Waals surface area contributed by atoms with Gasteiger partial charge in [0.1, 0.15) is 5.60 Å². The Kier molecular flexibility index (Phi) is 5.71. The van der Waals surface area contributed by atoms with E-state index in [1.165, 1.54) is 6.26 Å². The number of hydrogen-bond acceptors (Lipinski definition) is 5. The van der Waals surface area contributed by atoms with E-state index in [2.05, 4.69) is 0 Å². The van der Waals surface area contributed by atoms with Crippen LogP contribution in [0.3, 0.4) is 0 Å². The molecule has 160 valence electrons. The van der Waals surface area contributed by atoms with Crippen LogP contribution in [0.15, 0.2) is 0 Å². The summed E-state index contributed by atoms with van der Waals surface area (Å²) in [5, 5.41) is 0. The molecule has 1 saturated carbocycles. The van der Waals surface area contributed by atoms with Gasteiger partial charge in [-0.2, -0.15) is 0 Å². The third-order valence-electron chi connectivity index (χ3n) is 6.20. The monoisotopic (exact) mass is 415 g/mol. The molecule has 0 unspecified atom stereocenters. The number of sulfonamides is 1. The SMILES string of the molecule is CC(C)(C)OC(=O)N1CCN(C(=O)C2CC3(CCN(S(C)(=O)=O)CC3)C2)CC1. The minimum atomic E-state index is -3.12. The van der Waals surface area contributed by atoms with Crippen molar-refractivity contribution in [3.05, 3.63) is 0 Å². The van der Waals surface area contributed by atoms with Crippen LogP contribution in [0.2, 0.25) is 0 Å². The predicted molar refractivity (Wildman–Crippen MR) is 105 cm³/mol.